The summed E-state index contributed by atoms with van der Waals surface area (Å²) in [6, 6.07) is 14.1. The number of hydrogen-bond donors (Lipinski definition) is 0. The summed E-state index contributed by atoms with van der Waals surface area (Å²) in [5.41, 5.74) is 10.1. The van der Waals surface area contributed by atoms with Crippen molar-refractivity contribution in [3.05, 3.63) is 94.3 Å². The third-order valence-corrected chi connectivity index (χ3v) is 6.70. The van der Waals surface area contributed by atoms with Crippen molar-refractivity contribution >= 4 is 0 Å². The molecule has 0 amide bonds. The third-order valence-electron chi connectivity index (χ3n) is 6.70. The maximum atomic E-state index is 5.64. The van der Waals surface area contributed by atoms with Crippen LogP contribution in [0.3, 0.4) is 0 Å². The summed E-state index contributed by atoms with van der Waals surface area (Å²) in [6.07, 6.45) is 3.91. The molecule has 2 aromatic carbocycles. The van der Waals surface area contributed by atoms with Crippen molar-refractivity contribution in [2.45, 2.75) is 105 Å². The quantitative estimate of drug-likeness (QED) is 0.227. The number of ether oxygens (including phenoxy) is 1. The molecule has 1 heteroatoms. The van der Waals surface area contributed by atoms with E-state index < -0.39 is 0 Å². The lowest BCUT2D eigenvalue weighted by molar-refractivity contribution is 0.202. The Labute approximate surface area is 210 Å². The lowest BCUT2D eigenvalue weighted by atomic mass is 9.76. The predicted molar refractivity (Wildman–Crippen MR) is 150 cm³/mol. The monoisotopic (exact) mass is 460 g/mol. The number of rotatable bonds is 7. The fourth-order valence-corrected chi connectivity index (χ4v) is 4.69. The van der Waals surface area contributed by atoms with Crippen LogP contribution in [-0.2, 0) is 28.4 Å². The molecule has 1 unspecified atom stereocenters. The van der Waals surface area contributed by atoms with Crippen LogP contribution >= 0.6 is 0 Å². The van der Waals surface area contributed by atoms with Crippen LogP contribution in [0.4, 0.5) is 0 Å². The number of hydrogen-bond acceptors (Lipinski definition) is 1. The van der Waals surface area contributed by atoms with E-state index in [1.165, 1.54) is 39.0 Å². The average Bonchev–Trinajstić information content (AvgIpc) is 3.12. The summed E-state index contributed by atoms with van der Waals surface area (Å²) in [5.74, 6) is 1.17. The van der Waals surface area contributed by atoms with Crippen molar-refractivity contribution in [1.29, 1.82) is 0 Å². The fourth-order valence-electron chi connectivity index (χ4n) is 4.69. The Kier molecular flexibility index (Phi) is 9.40. The molecule has 0 aliphatic heterocycles. The van der Waals surface area contributed by atoms with Crippen molar-refractivity contribution in [2.24, 2.45) is 0 Å². The predicted octanol–water partition coefficient (Wildman–Crippen LogP) is 9.42. The van der Waals surface area contributed by atoms with E-state index in [2.05, 4.69) is 98.0 Å². The van der Waals surface area contributed by atoms with Gasteiger partial charge in [-0.25, -0.2) is 0 Å². The molecule has 0 fully saturated rings. The van der Waals surface area contributed by atoms with Gasteiger partial charge < -0.3 is 4.74 Å². The Balaban J connectivity index is 0.00000199. The SMILES string of the molecule is C=C(CC)OCCCc1ccc(C2C(=C)Cc3c2cc(C(C)(C)C)cc3C(C)(C)C)cc1.CC. The molecule has 0 radical (unpaired) electrons. The van der Waals surface area contributed by atoms with Crippen LogP contribution in [0, 0.1) is 0 Å². The maximum Gasteiger partial charge on any atom is 0.0885 e. The molecule has 1 atom stereocenters. The van der Waals surface area contributed by atoms with Gasteiger partial charge in [0.05, 0.1) is 12.4 Å². The van der Waals surface area contributed by atoms with Crippen molar-refractivity contribution in [3.8, 4) is 0 Å². The Bertz CT molecular complexity index is 977. The van der Waals surface area contributed by atoms with Gasteiger partial charge in [0.2, 0.25) is 0 Å². The highest BCUT2D eigenvalue weighted by molar-refractivity contribution is 5.58. The van der Waals surface area contributed by atoms with Crippen LogP contribution in [0.25, 0.3) is 0 Å². The molecule has 1 aliphatic carbocycles. The van der Waals surface area contributed by atoms with E-state index in [-0.39, 0.29) is 10.8 Å². The Morgan fingerprint density at radius 1 is 0.971 bits per heavy atom. The van der Waals surface area contributed by atoms with Gasteiger partial charge in [0.25, 0.3) is 0 Å². The van der Waals surface area contributed by atoms with Crippen molar-refractivity contribution in [3.63, 3.8) is 0 Å². The molecule has 1 nitrogen and oxygen atoms in total. The van der Waals surface area contributed by atoms with Crippen LogP contribution in [-0.4, -0.2) is 6.61 Å². The van der Waals surface area contributed by atoms with Gasteiger partial charge in [0.15, 0.2) is 0 Å². The van der Waals surface area contributed by atoms with Crippen molar-refractivity contribution in [1.82, 2.24) is 0 Å². The summed E-state index contributed by atoms with van der Waals surface area (Å²) in [7, 11) is 0. The van der Waals surface area contributed by atoms with E-state index in [4.69, 9.17) is 4.74 Å². The molecule has 34 heavy (non-hydrogen) atoms. The standard InChI is InChI=1S/C31H42O.C2H6/c1-10-22(3)32-17-11-12-23-13-15-24(16-14-23)29-21(2)18-26-27(29)19-25(30(4,5)6)20-28(26)31(7,8)9;1-2/h13-16,19-20,29H,2-3,10-12,17-18H2,1,4-9H3;1-2H3. The largest absolute Gasteiger partial charge is 0.499 e. The molecule has 0 spiro atoms. The van der Waals surface area contributed by atoms with Gasteiger partial charge in [0, 0.05) is 12.3 Å². The molecule has 1 aliphatic rings. The van der Waals surface area contributed by atoms with Gasteiger partial charge in [-0.15, -0.1) is 0 Å². The summed E-state index contributed by atoms with van der Waals surface area (Å²) < 4.78 is 5.64. The Hall–Kier alpha value is -2.28. The number of allylic oxidation sites excluding steroid dienone is 2. The number of fused-ring (bicyclic) bond motifs is 1. The zero-order valence-electron chi connectivity index (χ0n) is 23.4. The molecule has 0 saturated heterocycles. The van der Waals surface area contributed by atoms with Crippen molar-refractivity contribution < 1.29 is 4.74 Å². The Morgan fingerprint density at radius 3 is 2.12 bits per heavy atom. The summed E-state index contributed by atoms with van der Waals surface area (Å²) in [4.78, 5) is 0. The molecule has 3 rings (SSSR count). The zero-order valence-corrected chi connectivity index (χ0v) is 23.4. The Morgan fingerprint density at radius 2 is 1.59 bits per heavy atom. The highest BCUT2D eigenvalue weighted by Crippen LogP contribution is 2.46. The second kappa shape index (κ2) is 11.4. The van der Waals surface area contributed by atoms with Crippen LogP contribution < -0.4 is 0 Å². The summed E-state index contributed by atoms with van der Waals surface area (Å²) in [6.45, 7) is 29.2. The highest BCUT2D eigenvalue weighted by atomic mass is 16.5. The lowest BCUT2D eigenvalue weighted by Gasteiger charge is -2.28. The first-order chi connectivity index (χ1) is 15.9. The first kappa shape index (κ1) is 28.0. The molecule has 0 N–H and O–H groups in total. The second-order valence-electron chi connectivity index (χ2n) is 11.4. The number of aryl methyl sites for hydroxylation is 1. The van der Waals surface area contributed by atoms with Gasteiger partial charge in [-0.1, -0.05) is 117 Å². The first-order valence-corrected chi connectivity index (χ1v) is 13.2. The second-order valence-corrected chi connectivity index (χ2v) is 11.4. The van der Waals surface area contributed by atoms with E-state index in [0.29, 0.717) is 5.92 Å². The average molecular weight is 461 g/mol. The minimum Gasteiger partial charge on any atom is -0.499 e. The van der Waals surface area contributed by atoms with Gasteiger partial charge in [0.1, 0.15) is 0 Å². The minimum atomic E-state index is 0.121. The molecular formula is C33H48O. The smallest absolute Gasteiger partial charge is 0.0885 e. The molecule has 186 valence electrons. The first-order valence-electron chi connectivity index (χ1n) is 13.2. The highest BCUT2D eigenvalue weighted by Gasteiger charge is 2.34. The summed E-state index contributed by atoms with van der Waals surface area (Å²) >= 11 is 0. The molecular weight excluding hydrogens is 412 g/mol. The van der Waals surface area contributed by atoms with Crippen molar-refractivity contribution in [2.75, 3.05) is 6.61 Å². The molecule has 0 aromatic heterocycles. The van der Waals surface area contributed by atoms with E-state index in [1.807, 2.05) is 13.8 Å². The normalized spacial score (nSPS) is 15.4. The van der Waals surface area contributed by atoms with Crippen LogP contribution in [0.15, 0.2) is 60.9 Å². The van der Waals surface area contributed by atoms with E-state index in [0.717, 1.165) is 38.0 Å². The molecule has 0 bridgehead atoms. The van der Waals surface area contributed by atoms with Crippen LogP contribution in [0.2, 0.25) is 0 Å². The molecule has 0 heterocycles. The topological polar surface area (TPSA) is 9.23 Å². The minimum absolute atomic E-state index is 0.121. The zero-order chi connectivity index (χ0) is 25.7. The maximum absolute atomic E-state index is 5.64. The van der Waals surface area contributed by atoms with E-state index in [9.17, 15) is 0 Å². The van der Waals surface area contributed by atoms with Gasteiger partial charge in [-0.05, 0) is 63.5 Å². The van der Waals surface area contributed by atoms with Gasteiger partial charge >= 0.3 is 0 Å². The van der Waals surface area contributed by atoms with E-state index >= 15 is 0 Å². The van der Waals surface area contributed by atoms with E-state index in [1.54, 1.807) is 0 Å². The lowest BCUT2D eigenvalue weighted by Crippen LogP contribution is -2.19. The molecule has 0 saturated carbocycles. The molecule has 2 aromatic rings. The third kappa shape index (κ3) is 6.65. The van der Waals surface area contributed by atoms with Crippen LogP contribution in [0.5, 0.6) is 0 Å². The van der Waals surface area contributed by atoms with Gasteiger partial charge in [-0.3, -0.25) is 0 Å². The van der Waals surface area contributed by atoms with Crippen LogP contribution in [0.1, 0.15) is 114 Å². The fraction of sp³-hybridized carbons (Fsp3) is 0.515. The summed E-state index contributed by atoms with van der Waals surface area (Å²) in [5, 5.41) is 0. The van der Waals surface area contributed by atoms with Gasteiger partial charge in [-0.2, -0.15) is 0 Å². The number of benzene rings is 2.